The Hall–Kier alpha value is -1.82. The summed E-state index contributed by atoms with van der Waals surface area (Å²) in [6.45, 7) is 2.63. The Morgan fingerprint density at radius 1 is 1.27 bits per heavy atom. The van der Waals surface area contributed by atoms with Gasteiger partial charge in [0.25, 0.3) is 5.91 Å². The molecule has 2 aliphatic heterocycles. The first-order valence-corrected chi connectivity index (χ1v) is 7.95. The summed E-state index contributed by atoms with van der Waals surface area (Å²) in [6.07, 6.45) is 6.66. The van der Waals surface area contributed by atoms with Crippen molar-refractivity contribution < 1.29 is 18.7 Å². The molecule has 2 saturated heterocycles. The Balaban J connectivity index is 1.42. The van der Waals surface area contributed by atoms with Crippen LogP contribution in [0.3, 0.4) is 0 Å². The van der Waals surface area contributed by atoms with Crippen LogP contribution in [0.1, 0.15) is 36.0 Å². The van der Waals surface area contributed by atoms with Crippen LogP contribution in [0.5, 0.6) is 0 Å². The lowest BCUT2D eigenvalue weighted by atomic mass is 9.95. The molecule has 1 N–H and O–H groups in total. The van der Waals surface area contributed by atoms with Gasteiger partial charge in [-0.25, -0.2) is 0 Å². The number of hydrogen-bond acceptors (Lipinski definition) is 4. The van der Waals surface area contributed by atoms with E-state index in [-0.39, 0.29) is 23.8 Å². The fourth-order valence-corrected chi connectivity index (χ4v) is 3.08. The number of nitrogens with zero attached hydrogens (tertiary/aromatic N) is 1. The minimum atomic E-state index is -0.0213. The van der Waals surface area contributed by atoms with Gasteiger partial charge < -0.3 is 19.4 Å². The molecule has 0 aliphatic carbocycles. The topological polar surface area (TPSA) is 71.8 Å². The lowest BCUT2D eigenvalue weighted by Crippen LogP contribution is -2.44. The Kier molecular flexibility index (Phi) is 4.77. The van der Waals surface area contributed by atoms with E-state index in [2.05, 4.69) is 5.32 Å². The van der Waals surface area contributed by atoms with Gasteiger partial charge in [-0.1, -0.05) is 0 Å². The van der Waals surface area contributed by atoms with Gasteiger partial charge in [-0.2, -0.15) is 0 Å². The van der Waals surface area contributed by atoms with E-state index in [0.29, 0.717) is 38.0 Å². The molecule has 6 heteroatoms. The van der Waals surface area contributed by atoms with E-state index in [0.717, 1.165) is 19.4 Å². The molecule has 2 aliphatic rings. The van der Waals surface area contributed by atoms with Gasteiger partial charge in [0.1, 0.15) is 6.26 Å². The van der Waals surface area contributed by atoms with E-state index in [1.165, 1.54) is 12.5 Å². The molecule has 0 spiro atoms. The quantitative estimate of drug-likeness (QED) is 0.913. The third kappa shape index (κ3) is 3.50. The average molecular weight is 306 g/mol. The number of ether oxygens (including phenoxy) is 1. The molecule has 0 saturated carbocycles. The van der Waals surface area contributed by atoms with Gasteiger partial charge in [0, 0.05) is 32.2 Å². The number of nitrogens with one attached hydrogen (secondary N) is 1. The summed E-state index contributed by atoms with van der Waals surface area (Å²) in [5.74, 6) is 0.0627. The van der Waals surface area contributed by atoms with Crippen LogP contribution in [0, 0.1) is 5.92 Å². The number of carbonyl (C=O) groups excluding carboxylic acids is 2. The molecule has 0 bridgehead atoms. The number of amides is 2. The Labute approximate surface area is 129 Å². The predicted octanol–water partition coefficient (Wildman–Crippen LogP) is 1.43. The lowest BCUT2D eigenvalue weighted by molar-refractivity contribution is -0.126. The van der Waals surface area contributed by atoms with Crippen molar-refractivity contribution in [1.29, 1.82) is 0 Å². The van der Waals surface area contributed by atoms with Crippen molar-refractivity contribution in [1.82, 2.24) is 10.2 Å². The normalized spacial score (nSPS) is 22.7. The monoisotopic (exact) mass is 306 g/mol. The van der Waals surface area contributed by atoms with Crippen molar-refractivity contribution in [2.45, 2.75) is 31.8 Å². The van der Waals surface area contributed by atoms with Gasteiger partial charge in [-0.05, 0) is 31.7 Å². The molecule has 2 amide bonds. The smallest absolute Gasteiger partial charge is 0.257 e. The van der Waals surface area contributed by atoms with Gasteiger partial charge in [-0.15, -0.1) is 0 Å². The van der Waals surface area contributed by atoms with Crippen molar-refractivity contribution >= 4 is 11.8 Å². The zero-order chi connectivity index (χ0) is 15.4. The van der Waals surface area contributed by atoms with E-state index in [9.17, 15) is 9.59 Å². The number of hydrogen-bond donors (Lipinski definition) is 1. The molecule has 3 rings (SSSR count). The highest BCUT2D eigenvalue weighted by molar-refractivity contribution is 5.94. The van der Waals surface area contributed by atoms with Crippen LogP contribution >= 0.6 is 0 Å². The standard InChI is InChI=1S/C16H22N2O4/c19-15(17-10-14-2-1-8-22-14)12-3-6-18(7-4-12)16(20)13-5-9-21-11-13/h5,9,11-12,14H,1-4,6-8,10H2,(H,17,19)/t14-/m1/s1. The van der Waals surface area contributed by atoms with Crippen LogP contribution in [0.2, 0.25) is 0 Å². The van der Waals surface area contributed by atoms with Crippen molar-refractivity contribution in [3.8, 4) is 0 Å². The number of carbonyl (C=O) groups is 2. The van der Waals surface area contributed by atoms with E-state index < -0.39 is 0 Å². The molecule has 6 nitrogen and oxygen atoms in total. The Bertz CT molecular complexity index is 500. The van der Waals surface area contributed by atoms with Crippen LogP contribution in [0.4, 0.5) is 0 Å². The largest absolute Gasteiger partial charge is 0.472 e. The lowest BCUT2D eigenvalue weighted by Gasteiger charge is -2.31. The molecule has 1 aromatic heterocycles. The fraction of sp³-hybridized carbons (Fsp3) is 0.625. The summed E-state index contributed by atoms with van der Waals surface area (Å²) in [4.78, 5) is 26.1. The summed E-state index contributed by atoms with van der Waals surface area (Å²) >= 11 is 0. The summed E-state index contributed by atoms with van der Waals surface area (Å²) in [5, 5.41) is 2.98. The zero-order valence-electron chi connectivity index (χ0n) is 12.6. The molecule has 1 aromatic rings. The van der Waals surface area contributed by atoms with Crippen molar-refractivity contribution in [2.75, 3.05) is 26.2 Å². The highest BCUT2D eigenvalue weighted by Crippen LogP contribution is 2.20. The Morgan fingerprint density at radius 2 is 2.09 bits per heavy atom. The number of rotatable bonds is 4. The first-order valence-electron chi connectivity index (χ1n) is 7.95. The second kappa shape index (κ2) is 6.96. The molecule has 1 atom stereocenters. The fourth-order valence-electron chi connectivity index (χ4n) is 3.08. The Morgan fingerprint density at radius 3 is 2.73 bits per heavy atom. The minimum Gasteiger partial charge on any atom is -0.472 e. The summed E-state index contributed by atoms with van der Waals surface area (Å²) < 4.78 is 10.4. The second-order valence-electron chi connectivity index (χ2n) is 5.96. The maximum Gasteiger partial charge on any atom is 0.257 e. The summed E-state index contributed by atoms with van der Waals surface area (Å²) in [5.41, 5.74) is 0.571. The van der Waals surface area contributed by atoms with E-state index >= 15 is 0 Å². The minimum absolute atomic E-state index is 0.00481. The number of furan rings is 1. The molecule has 3 heterocycles. The van der Waals surface area contributed by atoms with Crippen molar-refractivity contribution in [3.63, 3.8) is 0 Å². The van der Waals surface area contributed by atoms with Gasteiger partial charge in [0.05, 0.1) is 17.9 Å². The average Bonchev–Trinajstić information content (AvgIpc) is 3.25. The predicted molar refractivity (Wildman–Crippen MR) is 79.3 cm³/mol. The maximum absolute atomic E-state index is 12.2. The SMILES string of the molecule is O=C(NC[C@H]1CCCO1)C1CCN(C(=O)c2ccoc2)CC1. The van der Waals surface area contributed by atoms with Crippen LogP contribution in [0.15, 0.2) is 23.0 Å². The zero-order valence-corrected chi connectivity index (χ0v) is 12.6. The highest BCUT2D eigenvalue weighted by atomic mass is 16.5. The van der Waals surface area contributed by atoms with Gasteiger partial charge >= 0.3 is 0 Å². The molecular formula is C16H22N2O4. The van der Waals surface area contributed by atoms with Gasteiger partial charge in [-0.3, -0.25) is 9.59 Å². The maximum atomic E-state index is 12.2. The number of likely N-dealkylation sites (tertiary alicyclic amines) is 1. The highest BCUT2D eigenvalue weighted by Gasteiger charge is 2.28. The molecule has 0 aromatic carbocycles. The second-order valence-corrected chi connectivity index (χ2v) is 5.96. The third-order valence-corrected chi connectivity index (χ3v) is 4.45. The molecule has 2 fully saturated rings. The molecule has 120 valence electrons. The van der Waals surface area contributed by atoms with Crippen molar-refractivity contribution in [3.05, 3.63) is 24.2 Å². The molecule has 0 unspecified atom stereocenters. The first-order chi connectivity index (χ1) is 10.7. The molecule has 0 radical (unpaired) electrons. The van der Waals surface area contributed by atoms with Crippen molar-refractivity contribution in [2.24, 2.45) is 5.92 Å². The van der Waals surface area contributed by atoms with Crippen LogP contribution < -0.4 is 5.32 Å². The van der Waals surface area contributed by atoms with Gasteiger partial charge in [0.2, 0.25) is 5.91 Å². The van der Waals surface area contributed by atoms with Crippen LogP contribution in [0.25, 0.3) is 0 Å². The van der Waals surface area contributed by atoms with Crippen LogP contribution in [-0.4, -0.2) is 49.1 Å². The molecule has 22 heavy (non-hydrogen) atoms. The van der Waals surface area contributed by atoms with Crippen LogP contribution in [-0.2, 0) is 9.53 Å². The third-order valence-electron chi connectivity index (χ3n) is 4.45. The summed E-state index contributed by atoms with van der Waals surface area (Å²) in [6, 6.07) is 1.67. The van der Waals surface area contributed by atoms with E-state index in [1.54, 1.807) is 11.0 Å². The summed E-state index contributed by atoms with van der Waals surface area (Å²) in [7, 11) is 0. The van der Waals surface area contributed by atoms with E-state index in [1.807, 2.05) is 0 Å². The first kappa shape index (κ1) is 15.1. The van der Waals surface area contributed by atoms with Gasteiger partial charge in [0.15, 0.2) is 0 Å². The molecular weight excluding hydrogens is 284 g/mol. The van der Waals surface area contributed by atoms with E-state index in [4.69, 9.17) is 9.15 Å². The number of piperidine rings is 1.